The largest absolute Gasteiger partial charge is 0.508 e. The van der Waals surface area contributed by atoms with Crippen LogP contribution in [0.5, 0.6) is 5.75 Å². The molecule has 2 heterocycles. The summed E-state index contributed by atoms with van der Waals surface area (Å²) >= 11 is 13.9. The van der Waals surface area contributed by atoms with Gasteiger partial charge in [0.25, 0.3) is 11.8 Å². The number of nitrogens with zero attached hydrogens (tertiary/aromatic N) is 2. The Morgan fingerprint density at radius 2 is 1.55 bits per heavy atom. The molecule has 4 aliphatic rings. The van der Waals surface area contributed by atoms with Crippen molar-refractivity contribution < 1.29 is 55.8 Å². The lowest BCUT2D eigenvalue weighted by Gasteiger charge is -2.50. The van der Waals surface area contributed by atoms with E-state index < -0.39 is 104 Å². The SMILES string of the molecule is COC(=O)N1C(=O)[C@H]2[C@H](CC=C3[C@H]2C[C@@]2(Cl)C(=O)N(c4c(F)c(F)c(F)c(F)c4F)C(=O)[C@@]2(Cl)[C@H]3c2cccc(O)c2)C1=O. The summed E-state index contributed by atoms with van der Waals surface area (Å²) in [5.41, 5.74) is -1.71. The summed E-state index contributed by atoms with van der Waals surface area (Å²) in [6, 6.07) is 5.09. The van der Waals surface area contributed by atoms with Crippen molar-refractivity contribution in [1.29, 1.82) is 0 Å². The molecule has 6 rings (SSSR count). The van der Waals surface area contributed by atoms with Gasteiger partial charge in [-0.3, -0.25) is 19.2 Å². The van der Waals surface area contributed by atoms with Crippen molar-refractivity contribution in [1.82, 2.24) is 4.90 Å². The van der Waals surface area contributed by atoms with Crippen molar-refractivity contribution in [3.63, 3.8) is 0 Å². The molecule has 3 fully saturated rings. The van der Waals surface area contributed by atoms with Crippen LogP contribution in [0.15, 0.2) is 35.9 Å². The number of carbonyl (C=O) groups is 5. The average molecular weight is 659 g/mol. The van der Waals surface area contributed by atoms with Gasteiger partial charge in [0.05, 0.1) is 18.9 Å². The fourth-order valence-electron chi connectivity index (χ4n) is 6.92. The molecule has 0 bridgehead atoms. The number of likely N-dealkylation sites (tertiary alicyclic amines) is 1. The Balaban J connectivity index is 1.59. The van der Waals surface area contributed by atoms with Gasteiger partial charge in [0.15, 0.2) is 33.0 Å². The molecule has 44 heavy (non-hydrogen) atoms. The van der Waals surface area contributed by atoms with Crippen molar-refractivity contribution in [2.24, 2.45) is 17.8 Å². The molecular formula is C28H17Cl2F5N2O7. The Labute approximate surface area is 253 Å². The van der Waals surface area contributed by atoms with Gasteiger partial charge in [0, 0.05) is 5.92 Å². The van der Waals surface area contributed by atoms with Crippen LogP contribution in [0.25, 0.3) is 0 Å². The van der Waals surface area contributed by atoms with Gasteiger partial charge >= 0.3 is 6.09 Å². The number of phenolic OH excluding ortho intramolecular Hbond substituents is 1. The zero-order valence-corrected chi connectivity index (χ0v) is 23.6. The van der Waals surface area contributed by atoms with Gasteiger partial charge in [-0.2, -0.15) is 4.90 Å². The predicted octanol–water partition coefficient (Wildman–Crippen LogP) is 4.42. The summed E-state index contributed by atoms with van der Waals surface area (Å²) in [5, 5.41) is 10.3. The highest BCUT2D eigenvalue weighted by Crippen LogP contribution is 2.66. The molecule has 1 N–H and O–H groups in total. The molecule has 230 valence electrons. The van der Waals surface area contributed by atoms with E-state index in [4.69, 9.17) is 23.2 Å². The van der Waals surface area contributed by atoms with Crippen LogP contribution >= 0.6 is 23.2 Å². The smallest absolute Gasteiger partial charge is 0.423 e. The standard InChI is InChI=1S/C28H17Cl2F5N2O7/c1-44-26(43)37-22(39)12-6-5-11-13(14(12)23(37)40)8-27(29)24(41)36(21-19(34)17(32)16(31)18(33)20(21)35)25(42)28(27,30)15(11)9-3-2-4-10(38)7-9/h2-5,7,12-15,38H,6,8H2,1H3/t12-,13+,14-,15-,27+,28-/m0/s1. The summed E-state index contributed by atoms with van der Waals surface area (Å²) < 4.78 is 76.9. The highest BCUT2D eigenvalue weighted by atomic mass is 35.5. The Hall–Kier alpha value is -4.04. The van der Waals surface area contributed by atoms with Gasteiger partial charge in [0.1, 0.15) is 11.4 Å². The minimum Gasteiger partial charge on any atom is -0.508 e. The van der Waals surface area contributed by atoms with Gasteiger partial charge in [-0.05, 0) is 36.5 Å². The maximum Gasteiger partial charge on any atom is 0.423 e. The molecule has 2 saturated heterocycles. The van der Waals surface area contributed by atoms with Crippen LogP contribution in [0.1, 0.15) is 24.3 Å². The maximum atomic E-state index is 15.0. The maximum absolute atomic E-state index is 15.0. The second-order valence-electron chi connectivity index (χ2n) is 10.8. The van der Waals surface area contributed by atoms with Crippen LogP contribution in [0, 0.1) is 46.8 Å². The highest BCUT2D eigenvalue weighted by molar-refractivity contribution is 6.58. The molecule has 2 aromatic rings. The van der Waals surface area contributed by atoms with E-state index in [1.54, 1.807) is 0 Å². The van der Waals surface area contributed by atoms with E-state index in [0.717, 1.165) is 13.2 Å². The van der Waals surface area contributed by atoms with Crippen molar-refractivity contribution in [3.8, 4) is 5.75 Å². The number of imide groups is 4. The summed E-state index contributed by atoms with van der Waals surface area (Å²) in [4.78, 5) is 61.5. The normalized spacial score (nSPS) is 31.1. The zero-order chi connectivity index (χ0) is 32.2. The molecule has 9 nitrogen and oxygen atoms in total. The number of methoxy groups -OCH3 is 1. The Kier molecular flexibility index (Phi) is 6.64. The van der Waals surface area contributed by atoms with Crippen LogP contribution in [0.3, 0.4) is 0 Å². The van der Waals surface area contributed by atoms with Crippen molar-refractivity contribution in [2.45, 2.75) is 28.5 Å². The third kappa shape index (κ3) is 3.54. The summed E-state index contributed by atoms with van der Waals surface area (Å²) in [6.45, 7) is 0. The number of amides is 5. The fourth-order valence-corrected chi connectivity index (χ4v) is 7.85. The molecule has 6 atom stereocenters. The summed E-state index contributed by atoms with van der Waals surface area (Å²) in [5.74, 6) is -23.2. The molecule has 1 saturated carbocycles. The van der Waals surface area contributed by atoms with Gasteiger partial charge in [-0.25, -0.2) is 31.6 Å². The molecule has 5 amide bonds. The first-order valence-electron chi connectivity index (χ1n) is 12.9. The zero-order valence-electron chi connectivity index (χ0n) is 22.0. The lowest BCUT2D eigenvalue weighted by molar-refractivity contribution is -0.138. The number of phenols is 1. The number of benzene rings is 2. The predicted molar refractivity (Wildman–Crippen MR) is 139 cm³/mol. The van der Waals surface area contributed by atoms with E-state index in [-0.39, 0.29) is 28.2 Å². The van der Waals surface area contributed by atoms with E-state index in [2.05, 4.69) is 4.74 Å². The number of rotatable bonds is 2. The second-order valence-corrected chi connectivity index (χ2v) is 12.0. The monoisotopic (exact) mass is 658 g/mol. The number of carbonyl (C=O) groups excluding carboxylic acids is 5. The highest BCUT2D eigenvalue weighted by Gasteiger charge is 2.77. The Morgan fingerprint density at radius 1 is 0.932 bits per heavy atom. The number of anilines is 1. The van der Waals surface area contributed by atoms with Crippen LogP contribution in [0.2, 0.25) is 0 Å². The Morgan fingerprint density at radius 3 is 2.14 bits per heavy atom. The number of ether oxygens (including phenoxy) is 1. The number of hydrogen-bond acceptors (Lipinski definition) is 7. The van der Waals surface area contributed by atoms with Crippen molar-refractivity contribution >= 4 is 58.6 Å². The number of alkyl halides is 2. The first-order chi connectivity index (χ1) is 20.6. The van der Waals surface area contributed by atoms with E-state index >= 15 is 0 Å². The minimum absolute atomic E-state index is 0.0291. The molecule has 0 aromatic heterocycles. The molecule has 2 aromatic carbocycles. The molecule has 2 aliphatic heterocycles. The van der Waals surface area contributed by atoms with Crippen molar-refractivity contribution in [2.75, 3.05) is 12.0 Å². The molecule has 2 aliphatic carbocycles. The molecule has 16 heteroatoms. The van der Waals surface area contributed by atoms with Gasteiger partial charge < -0.3 is 9.84 Å². The lowest BCUT2D eigenvalue weighted by atomic mass is 9.56. The Bertz CT molecular complexity index is 1740. The number of aromatic hydroxyl groups is 1. The van der Waals surface area contributed by atoms with E-state index in [9.17, 15) is 51.0 Å². The number of halogens is 7. The number of hydrogen-bond donors (Lipinski definition) is 1. The molecule has 0 spiro atoms. The van der Waals surface area contributed by atoms with Gasteiger partial charge in [0.2, 0.25) is 17.6 Å². The third-order valence-corrected chi connectivity index (χ3v) is 10.2. The minimum atomic E-state index is -2.72. The van der Waals surface area contributed by atoms with Crippen LogP contribution in [-0.4, -0.2) is 56.6 Å². The van der Waals surface area contributed by atoms with Gasteiger partial charge in [-0.1, -0.05) is 23.8 Å². The molecule has 0 unspecified atom stereocenters. The van der Waals surface area contributed by atoms with E-state index in [0.29, 0.717) is 4.90 Å². The van der Waals surface area contributed by atoms with Gasteiger partial charge in [-0.15, -0.1) is 23.2 Å². The summed E-state index contributed by atoms with van der Waals surface area (Å²) in [6.07, 6.45) is -0.708. The first-order valence-corrected chi connectivity index (χ1v) is 13.6. The van der Waals surface area contributed by atoms with E-state index in [1.165, 1.54) is 24.3 Å². The van der Waals surface area contributed by atoms with E-state index in [1.807, 2.05) is 0 Å². The van der Waals surface area contributed by atoms with Crippen molar-refractivity contribution in [3.05, 3.63) is 70.6 Å². The first kappa shape index (κ1) is 30.0. The summed E-state index contributed by atoms with van der Waals surface area (Å²) in [7, 11) is 0.944. The van der Waals surface area contributed by atoms with Crippen LogP contribution in [-0.2, 0) is 23.9 Å². The third-order valence-electron chi connectivity index (χ3n) is 8.78. The van der Waals surface area contributed by atoms with Crippen LogP contribution in [0.4, 0.5) is 32.4 Å². The quantitative estimate of drug-likeness (QED) is 0.127. The number of allylic oxidation sites excluding steroid dienone is 2. The second kappa shape index (κ2) is 9.73. The number of fused-ring (bicyclic) bond motifs is 4. The topological polar surface area (TPSA) is 121 Å². The molecule has 0 radical (unpaired) electrons. The molecular weight excluding hydrogens is 642 g/mol. The van der Waals surface area contributed by atoms with Crippen LogP contribution < -0.4 is 4.90 Å². The lowest BCUT2D eigenvalue weighted by Crippen LogP contribution is -2.60. The fraction of sp³-hybridized carbons (Fsp3) is 0.321. The average Bonchev–Trinajstić information content (AvgIpc) is 3.33.